The molecule has 1 atom stereocenters. The minimum absolute atomic E-state index is 0.519. The van der Waals surface area contributed by atoms with Gasteiger partial charge in [-0.15, -0.1) is 0 Å². The number of aryl methyl sites for hydroxylation is 2. The number of aliphatic hydroxyl groups excluding tert-OH is 1. The van der Waals surface area contributed by atoms with Crippen LogP contribution in [0.25, 0.3) is 0 Å². The summed E-state index contributed by atoms with van der Waals surface area (Å²) in [6, 6.07) is 11.8. The number of hydrogen-bond acceptors (Lipinski definition) is 1. The molecule has 0 aliphatic carbocycles. The molecule has 2 aromatic carbocycles. The van der Waals surface area contributed by atoms with Crippen molar-refractivity contribution in [2.24, 2.45) is 0 Å². The van der Waals surface area contributed by atoms with Crippen molar-refractivity contribution in [1.29, 1.82) is 0 Å². The molecular formula is C16H16BrClO. The Hall–Kier alpha value is -0.830. The van der Waals surface area contributed by atoms with E-state index < -0.39 is 6.10 Å². The molecule has 0 aliphatic heterocycles. The highest BCUT2D eigenvalue weighted by molar-refractivity contribution is 9.10. The van der Waals surface area contributed by atoms with Crippen molar-refractivity contribution in [2.75, 3.05) is 0 Å². The van der Waals surface area contributed by atoms with Crippen LogP contribution >= 0.6 is 27.5 Å². The van der Waals surface area contributed by atoms with E-state index in [4.69, 9.17) is 11.6 Å². The van der Waals surface area contributed by atoms with Gasteiger partial charge in [0.15, 0.2) is 0 Å². The van der Waals surface area contributed by atoms with Gasteiger partial charge in [-0.2, -0.15) is 0 Å². The lowest BCUT2D eigenvalue weighted by Crippen LogP contribution is -2.03. The molecule has 100 valence electrons. The fraction of sp³-hybridized carbons (Fsp3) is 0.250. The summed E-state index contributed by atoms with van der Waals surface area (Å²) >= 11 is 9.35. The third-order valence-corrected chi connectivity index (χ3v) is 4.46. The SMILES string of the molecule is Cc1ccc(C)c(CC(O)c2ccc(Cl)c(Br)c2)c1. The maximum Gasteiger partial charge on any atom is 0.0830 e. The van der Waals surface area contributed by atoms with Crippen molar-refractivity contribution in [3.8, 4) is 0 Å². The van der Waals surface area contributed by atoms with Crippen molar-refractivity contribution in [1.82, 2.24) is 0 Å². The minimum Gasteiger partial charge on any atom is -0.388 e. The molecule has 0 aliphatic rings. The molecule has 2 rings (SSSR count). The quantitative estimate of drug-likeness (QED) is 0.834. The van der Waals surface area contributed by atoms with Crippen LogP contribution in [0.3, 0.4) is 0 Å². The first-order chi connectivity index (χ1) is 8.97. The molecule has 0 amide bonds. The van der Waals surface area contributed by atoms with Gasteiger partial charge in [0.05, 0.1) is 11.1 Å². The van der Waals surface area contributed by atoms with Gasteiger partial charge in [-0.05, 0) is 58.6 Å². The van der Waals surface area contributed by atoms with Crippen molar-refractivity contribution < 1.29 is 5.11 Å². The van der Waals surface area contributed by atoms with E-state index in [1.165, 1.54) is 16.7 Å². The third kappa shape index (κ3) is 3.59. The predicted molar refractivity (Wildman–Crippen MR) is 83.7 cm³/mol. The zero-order valence-corrected chi connectivity index (χ0v) is 13.3. The highest BCUT2D eigenvalue weighted by Crippen LogP contribution is 2.28. The Kier molecular flexibility index (Phi) is 4.67. The van der Waals surface area contributed by atoms with Crippen LogP contribution in [0, 0.1) is 13.8 Å². The molecule has 1 nitrogen and oxygen atoms in total. The molecule has 0 saturated heterocycles. The Balaban J connectivity index is 2.22. The number of hydrogen-bond donors (Lipinski definition) is 1. The van der Waals surface area contributed by atoms with Crippen LogP contribution in [0.2, 0.25) is 5.02 Å². The lowest BCUT2D eigenvalue weighted by atomic mass is 9.97. The number of halogens is 2. The van der Waals surface area contributed by atoms with Crippen molar-refractivity contribution >= 4 is 27.5 Å². The fourth-order valence-electron chi connectivity index (χ4n) is 2.07. The highest BCUT2D eigenvalue weighted by atomic mass is 79.9. The normalized spacial score (nSPS) is 12.5. The van der Waals surface area contributed by atoms with Crippen LogP contribution in [0.15, 0.2) is 40.9 Å². The molecule has 3 heteroatoms. The van der Waals surface area contributed by atoms with Crippen LogP contribution in [-0.4, -0.2) is 5.11 Å². The summed E-state index contributed by atoms with van der Waals surface area (Å²) in [6.45, 7) is 4.13. The van der Waals surface area contributed by atoms with Gasteiger partial charge < -0.3 is 5.11 Å². The van der Waals surface area contributed by atoms with Gasteiger partial charge >= 0.3 is 0 Å². The van der Waals surface area contributed by atoms with E-state index >= 15 is 0 Å². The summed E-state index contributed by atoms with van der Waals surface area (Å²) in [7, 11) is 0. The summed E-state index contributed by atoms with van der Waals surface area (Å²) in [6.07, 6.45) is 0.0933. The number of benzene rings is 2. The van der Waals surface area contributed by atoms with Crippen LogP contribution in [0.1, 0.15) is 28.4 Å². The van der Waals surface area contributed by atoms with Gasteiger partial charge in [-0.1, -0.05) is 41.4 Å². The van der Waals surface area contributed by atoms with Crippen LogP contribution in [-0.2, 0) is 6.42 Å². The summed E-state index contributed by atoms with van der Waals surface area (Å²) in [5, 5.41) is 11.0. The molecule has 0 radical (unpaired) electrons. The molecule has 0 heterocycles. The second kappa shape index (κ2) is 6.08. The zero-order chi connectivity index (χ0) is 14.0. The van der Waals surface area contributed by atoms with E-state index in [1.54, 1.807) is 6.07 Å². The maximum atomic E-state index is 10.3. The van der Waals surface area contributed by atoms with Gasteiger partial charge in [0.25, 0.3) is 0 Å². The minimum atomic E-state index is -0.519. The third-order valence-electron chi connectivity index (χ3n) is 3.25. The van der Waals surface area contributed by atoms with E-state index in [0.29, 0.717) is 11.4 Å². The van der Waals surface area contributed by atoms with Crippen molar-refractivity contribution in [3.63, 3.8) is 0 Å². The van der Waals surface area contributed by atoms with Gasteiger partial charge in [-0.25, -0.2) is 0 Å². The lowest BCUT2D eigenvalue weighted by molar-refractivity contribution is 0.178. The smallest absolute Gasteiger partial charge is 0.0830 e. The molecular weight excluding hydrogens is 324 g/mol. The lowest BCUT2D eigenvalue weighted by Gasteiger charge is -2.14. The second-order valence-electron chi connectivity index (χ2n) is 4.82. The van der Waals surface area contributed by atoms with E-state index in [2.05, 4.69) is 48.0 Å². The topological polar surface area (TPSA) is 20.2 Å². The maximum absolute atomic E-state index is 10.3. The first-order valence-electron chi connectivity index (χ1n) is 6.16. The van der Waals surface area contributed by atoms with Crippen molar-refractivity contribution in [2.45, 2.75) is 26.4 Å². The average molecular weight is 340 g/mol. The molecule has 0 bridgehead atoms. The summed E-state index contributed by atoms with van der Waals surface area (Å²) < 4.78 is 0.812. The molecule has 1 unspecified atom stereocenters. The van der Waals surface area contributed by atoms with E-state index in [0.717, 1.165) is 10.0 Å². The fourth-order valence-corrected chi connectivity index (χ4v) is 2.58. The Bertz CT molecular complexity index is 595. The van der Waals surface area contributed by atoms with E-state index in [9.17, 15) is 5.11 Å². The monoisotopic (exact) mass is 338 g/mol. The summed E-state index contributed by atoms with van der Waals surface area (Å²) in [4.78, 5) is 0. The second-order valence-corrected chi connectivity index (χ2v) is 6.08. The zero-order valence-electron chi connectivity index (χ0n) is 11.0. The van der Waals surface area contributed by atoms with Gasteiger partial charge in [0, 0.05) is 10.9 Å². The Morgan fingerprint density at radius 3 is 2.58 bits per heavy atom. The molecule has 0 fully saturated rings. The molecule has 1 N–H and O–H groups in total. The Labute approximate surface area is 127 Å². The van der Waals surface area contributed by atoms with Gasteiger partial charge in [0.1, 0.15) is 0 Å². The summed E-state index contributed by atoms with van der Waals surface area (Å²) in [5.41, 5.74) is 4.47. The van der Waals surface area contributed by atoms with Crippen LogP contribution in [0.5, 0.6) is 0 Å². The average Bonchev–Trinajstić information content (AvgIpc) is 2.37. The Morgan fingerprint density at radius 1 is 1.16 bits per heavy atom. The predicted octanol–water partition coefficient (Wildman–Crippen LogP) is 5.00. The molecule has 19 heavy (non-hydrogen) atoms. The van der Waals surface area contributed by atoms with E-state index in [-0.39, 0.29) is 0 Å². The van der Waals surface area contributed by atoms with E-state index in [1.807, 2.05) is 12.1 Å². The van der Waals surface area contributed by atoms with Crippen molar-refractivity contribution in [3.05, 3.63) is 68.1 Å². The van der Waals surface area contributed by atoms with Crippen LogP contribution in [0.4, 0.5) is 0 Å². The van der Waals surface area contributed by atoms with Crippen LogP contribution < -0.4 is 0 Å². The number of aliphatic hydroxyl groups is 1. The molecule has 0 spiro atoms. The Morgan fingerprint density at radius 2 is 1.89 bits per heavy atom. The molecule has 0 aromatic heterocycles. The van der Waals surface area contributed by atoms with Gasteiger partial charge in [0.2, 0.25) is 0 Å². The molecule has 0 saturated carbocycles. The first kappa shape index (κ1) is 14.6. The largest absolute Gasteiger partial charge is 0.388 e. The molecule has 2 aromatic rings. The standard InChI is InChI=1S/C16H16BrClO/c1-10-3-4-11(2)13(7-10)9-16(19)12-5-6-15(18)14(17)8-12/h3-8,16,19H,9H2,1-2H3. The summed E-state index contributed by atoms with van der Waals surface area (Å²) in [5.74, 6) is 0. The number of rotatable bonds is 3. The highest BCUT2D eigenvalue weighted by Gasteiger charge is 2.11. The van der Waals surface area contributed by atoms with Gasteiger partial charge in [-0.3, -0.25) is 0 Å². The first-order valence-corrected chi connectivity index (χ1v) is 7.33.